The summed E-state index contributed by atoms with van der Waals surface area (Å²) in [5.74, 6) is 0.974. The lowest BCUT2D eigenvalue weighted by Gasteiger charge is -2.17. The Morgan fingerprint density at radius 1 is 1.41 bits per heavy atom. The summed E-state index contributed by atoms with van der Waals surface area (Å²) >= 11 is 0. The van der Waals surface area contributed by atoms with Crippen LogP contribution < -0.4 is 5.32 Å². The molecule has 0 fully saturated rings. The molecule has 92 valence electrons. The average Bonchev–Trinajstić information content (AvgIpc) is 2.94. The first kappa shape index (κ1) is 11.9. The molecule has 17 heavy (non-hydrogen) atoms. The lowest BCUT2D eigenvalue weighted by molar-refractivity contribution is 0.430. The molecule has 1 unspecified atom stereocenters. The Hall–Kier alpha value is -1.55. The van der Waals surface area contributed by atoms with Crippen LogP contribution in [0.5, 0.6) is 0 Å². The molecular formula is C13H19N3O. The van der Waals surface area contributed by atoms with Gasteiger partial charge < -0.3 is 9.73 Å². The minimum Gasteiger partial charge on any atom is -0.467 e. The van der Waals surface area contributed by atoms with Gasteiger partial charge in [-0.25, -0.2) is 0 Å². The first-order valence-electron chi connectivity index (χ1n) is 6.07. The fourth-order valence-corrected chi connectivity index (χ4v) is 2.07. The minimum absolute atomic E-state index is 0.0810. The summed E-state index contributed by atoms with van der Waals surface area (Å²) in [6.45, 7) is 8.01. The third-order valence-electron chi connectivity index (χ3n) is 2.92. The first-order chi connectivity index (χ1) is 8.27. The van der Waals surface area contributed by atoms with E-state index in [1.54, 1.807) is 6.26 Å². The van der Waals surface area contributed by atoms with E-state index in [2.05, 4.69) is 31.2 Å². The van der Waals surface area contributed by atoms with Crippen molar-refractivity contribution in [2.24, 2.45) is 0 Å². The van der Waals surface area contributed by atoms with E-state index in [9.17, 15) is 0 Å². The molecule has 0 bridgehead atoms. The molecule has 1 N–H and O–H groups in total. The van der Waals surface area contributed by atoms with Crippen LogP contribution in [0.3, 0.4) is 0 Å². The second-order valence-electron chi connectivity index (χ2n) is 4.03. The Morgan fingerprint density at radius 3 is 2.82 bits per heavy atom. The topological polar surface area (TPSA) is 43.0 Å². The predicted molar refractivity (Wildman–Crippen MR) is 66.9 cm³/mol. The van der Waals surface area contributed by atoms with Crippen molar-refractivity contribution >= 4 is 0 Å². The molecule has 1 atom stereocenters. The maximum atomic E-state index is 5.60. The fraction of sp³-hybridized carbons (Fsp3) is 0.462. The third-order valence-corrected chi connectivity index (χ3v) is 2.92. The Kier molecular flexibility index (Phi) is 3.64. The quantitative estimate of drug-likeness (QED) is 0.862. The van der Waals surface area contributed by atoms with Gasteiger partial charge in [0.15, 0.2) is 0 Å². The van der Waals surface area contributed by atoms with E-state index < -0.39 is 0 Å². The van der Waals surface area contributed by atoms with Crippen LogP contribution in [-0.4, -0.2) is 16.3 Å². The molecule has 0 amide bonds. The van der Waals surface area contributed by atoms with E-state index in [4.69, 9.17) is 4.42 Å². The van der Waals surface area contributed by atoms with Gasteiger partial charge in [0.2, 0.25) is 0 Å². The fourth-order valence-electron chi connectivity index (χ4n) is 2.07. The van der Waals surface area contributed by atoms with Crippen LogP contribution in [-0.2, 0) is 6.54 Å². The van der Waals surface area contributed by atoms with Crippen molar-refractivity contribution in [3.63, 3.8) is 0 Å². The van der Waals surface area contributed by atoms with Gasteiger partial charge in [-0.15, -0.1) is 0 Å². The van der Waals surface area contributed by atoms with Crippen LogP contribution in [0.1, 0.15) is 36.9 Å². The number of aryl methyl sites for hydroxylation is 2. The van der Waals surface area contributed by atoms with Crippen LogP contribution >= 0.6 is 0 Å². The molecule has 2 heterocycles. The van der Waals surface area contributed by atoms with E-state index in [1.807, 2.05) is 23.0 Å². The molecule has 0 aliphatic heterocycles. The summed E-state index contributed by atoms with van der Waals surface area (Å²) in [7, 11) is 0. The number of nitrogens with one attached hydrogen (secondary N) is 1. The first-order valence-corrected chi connectivity index (χ1v) is 6.07. The summed E-state index contributed by atoms with van der Waals surface area (Å²) in [5.41, 5.74) is 2.31. The van der Waals surface area contributed by atoms with Crippen LogP contribution in [0.25, 0.3) is 0 Å². The van der Waals surface area contributed by atoms with Gasteiger partial charge in [0.25, 0.3) is 0 Å². The molecule has 0 radical (unpaired) electrons. The highest BCUT2D eigenvalue weighted by Gasteiger charge is 2.21. The lowest BCUT2D eigenvalue weighted by Crippen LogP contribution is -2.25. The van der Waals surface area contributed by atoms with Gasteiger partial charge in [-0.2, -0.15) is 5.10 Å². The van der Waals surface area contributed by atoms with Crippen molar-refractivity contribution in [2.75, 3.05) is 6.54 Å². The minimum atomic E-state index is 0.0810. The third kappa shape index (κ3) is 2.26. The smallest absolute Gasteiger partial charge is 0.129 e. The number of furan rings is 1. The van der Waals surface area contributed by atoms with Crippen LogP contribution in [0, 0.1) is 6.92 Å². The van der Waals surface area contributed by atoms with Gasteiger partial charge in [-0.3, -0.25) is 4.68 Å². The van der Waals surface area contributed by atoms with Crippen molar-refractivity contribution in [2.45, 2.75) is 33.4 Å². The maximum absolute atomic E-state index is 5.60. The van der Waals surface area contributed by atoms with Gasteiger partial charge in [0.05, 0.1) is 12.0 Å². The lowest BCUT2D eigenvalue weighted by atomic mass is 10.1. The highest BCUT2D eigenvalue weighted by atomic mass is 16.3. The summed E-state index contributed by atoms with van der Waals surface area (Å²) in [6, 6.07) is 4.11. The standard InChI is InChI=1S/C13H19N3O/c1-4-14-12(13-10(3)7-9-17-13)11-6-8-15-16(11)5-2/h6-9,12,14H,4-5H2,1-3H3. The number of aromatic nitrogens is 2. The van der Waals surface area contributed by atoms with E-state index >= 15 is 0 Å². The molecule has 0 aromatic carbocycles. The van der Waals surface area contributed by atoms with Crippen molar-refractivity contribution in [1.29, 1.82) is 0 Å². The van der Waals surface area contributed by atoms with Crippen molar-refractivity contribution in [3.05, 3.63) is 41.6 Å². The molecule has 0 saturated carbocycles. The number of rotatable bonds is 5. The number of hydrogen-bond donors (Lipinski definition) is 1. The van der Waals surface area contributed by atoms with E-state index in [1.165, 1.54) is 5.56 Å². The largest absolute Gasteiger partial charge is 0.467 e. The molecule has 2 rings (SSSR count). The van der Waals surface area contributed by atoms with Crippen molar-refractivity contribution in [1.82, 2.24) is 15.1 Å². The highest BCUT2D eigenvalue weighted by Crippen LogP contribution is 2.25. The molecule has 2 aromatic rings. The Bertz CT molecular complexity index is 472. The van der Waals surface area contributed by atoms with Crippen molar-refractivity contribution in [3.8, 4) is 0 Å². The molecule has 4 heteroatoms. The second kappa shape index (κ2) is 5.19. The van der Waals surface area contributed by atoms with Crippen LogP contribution in [0.4, 0.5) is 0 Å². The molecular weight excluding hydrogens is 214 g/mol. The second-order valence-corrected chi connectivity index (χ2v) is 4.03. The average molecular weight is 233 g/mol. The zero-order valence-electron chi connectivity index (χ0n) is 10.6. The van der Waals surface area contributed by atoms with E-state index in [0.717, 1.165) is 24.5 Å². The monoisotopic (exact) mass is 233 g/mol. The Balaban J connectivity index is 2.39. The van der Waals surface area contributed by atoms with E-state index in [0.29, 0.717) is 0 Å². The zero-order valence-corrected chi connectivity index (χ0v) is 10.6. The molecule has 0 aliphatic carbocycles. The van der Waals surface area contributed by atoms with Gasteiger partial charge in [-0.05, 0) is 38.1 Å². The number of nitrogens with zero attached hydrogens (tertiary/aromatic N) is 2. The molecule has 0 saturated heterocycles. The number of hydrogen-bond acceptors (Lipinski definition) is 3. The summed E-state index contributed by atoms with van der Waals surface area (Å²) in [4.78, 5) is 0. The summed E-state index contributed by atoms with van der Waals surface area (Å²) in [5, 5.41) is 7.76. The normalized spacial score (nSPS) is 12.9. The molecule has 0 aliphatic rings. The van der Waals surface area contributed by atoms with Gasteiger partial charge >= 0.3 is 0 Å². The Morgan fingerprint density at radius 2 is 2.24 bits per heavy atom. The van der Waals surface area contributed by atoms with Crippen molar-refractivity contribution < 1.29 is 4.42 Å². The van der Waals surface area contributed by atoms with Crippen LogP contribution in [0.15, 0.2) is 29.0 Å². The van der Waals surface area contributed by atoms with Gasteiger partial charge in [0, 0.05) is 12.7 Å². The highest BCUT2D eigenvalue weighted by molar-refractivity contribution is 5.26. The SMILES string of the molecule is CCNC(c1occc1C)c1ccnn1CC. The maximum Gasteiger partial charge on any atom is 0.129 e. The van der Waals surface area contributed by atoms with E-state index in [-0.39, 0.29) is 6.04 Å². The zero-order chi connectivity index (χ0) is 12.3. The Labute approximate surface area is 102 Å². The van der Waals surface area contributed by atoms with Crippen LogP contribution in [0.2, 0.25) is 0 Å². The molecule has 2 aromatic heterocycles. The van der Waals surface area contributed by atoms with Gasteiger partial charge in [-0.1, -0.05) is 6.92 Å². The molecule has 4 nitrogen and oxygen atoms in total. The molecule has 0 spiro atoms. The van der Waals surface area contributed by atoms with Gasteiger partial charge in [0.1, 0.15) is 11.8 Å². The summed E-state index contributed by atoms with van der Waals surface area (Å²) in [6.07, 6.45) is 3.57. The predicted octanol–water partition coefficient (Wildman–Crippen LogP) is 2.50. The summed E-state index contributed by atoms with van der Waals surface area (Å²) < 4.78 is 7.59.